The van der Waals surface area contributed by atoms with Crippen molar-refractivity contribution in [2.45, 2.75) is 77.1 Å². The molecule has 0 radical (unpaired) electrons. The largest absolute Gasteiger partial charge is 0.340 e. The fourth-order valence-electron chi connectivity index (χ4n) is 4.39. The fraction of sp³-hybridized carbons (Fsp3) is 0.667. The Balaban J connectivity index is 1.49. The predicted molar refractivity (Wildman–Crippen MR) is 109 cm³/mol. The Morgan fingerprint density at radius 1 is 1.03 bits per heavy atom. The van der Waals surface area contributed by atoms with Crippen molar-refractivity contribution < 1.29 is 27.8 Å². The number of rotatable bonds is 7. The van der Waals surface area contributed by atoms with Gasteiger partial charge in [-0.1, -0.05) is 39.2 Å². The van der Waals surface area contributed by atoms with Crippen LogP contribution < -0.4 is 0 Å². The standard InChI is InChI=1S/C24H33F3O3/c1-3-4-5-11-23(2)15-29-24(28,30-16-23)12-10-17-6-8-18(9-7-17)19-13-20(25)22(27)21(26)14-19/h10,12-14,17-18,28H,3-9,11,15-16H2,1-2H3/b12-10+. The Kier molecular flexibility index (Phi) is 7.64. The molecule has 1 saturated heterocycles. The lowest BCUT2D eigenvalue weighted by molar-refractivity contribution is -0.374. The Morgan fingerprint density at radius 3 is 2.20 bits per heavy atom. The highest BCUT2D eigenvalue weighted by molar-refractivity contribution is 5.23. The van der Waals surface area contributed by atoms with Crippen LogP contribution in [0.5, 0.6) is 0 Å². The second-order valence-electron chi connectivity index (χ2n) is 9.25. The van der Waals surface area contributed by atoms with Gasteiger partial charge in [0.25, 0.3) is 0 Å². The molecule has 1 N–H and O–H groups in total. The first-order valence-electron chi connectivity index (χ1n) is 11.1. The van der Waals surface area contributed by atoms with Gasteiger partial charge >= 0.3 is 5.97 Å². The van der Waals surface area contributed by atoms with Gasteiger partial charge in [-0.05, 0) is 61.6 Å². The zero-order valence-electron chi connectivity index (χ0n) is 17.9. The summed E-state index contributed by atoms with van der Waals surface area (Å²) >= 11 is 0. The summed E-state index contributed by atoms with van der Waals surface area (Å²) in [6.07, 6.45) is 11.1. The molecule has 1 heterocycles. The summed E-state index contributed by atoms with van der Waals surface area (Å²) in [7, 11) is 0. The molecule has 168 valence electrons. The van der Waals surface area contributed by atoms with Crippen molar-refractivity contribution in [3.8, 4) is 0 Å². The molecule has 0 bridgehead atoms. The highest BCUT2D eigenvalue weighted by Gasteiger charge is 2.39. The van der Waals surface area contributed by atoms with Crippen LogP contribution in [0.1, 0.15) is 76.7 Å². The van der Waals surface area contributed by atoms with Gasteiger partial charge in [0.2, 0.25) is 0 Å². The maximum atomic E-state index is 13.5. The van der Waals surface area contributed by atoms with Crippen molar-refractivity contribution in [2.75, 3.05) is 13.2 Å². The SMILES string of the molecule is CCCCCC1(C)COC(O)(/C=C/C2CCC(c3cc(F)c(F)c(F)c3)CC2)OC1. The first-order chi connectivity index (χ1) is 14.2. The molecule has 0 aromatic heterocycles. The lowest BCUT2D eigenvalue weighted by atomic mass is 9.78. The van der Waals surface area contributed by atoms with Crippen molar-refractivity contribution in [3.63, 3.8) is 0 Å². The lowest BCUT2D eigenvalue weighted by Crippen LogP contribution is -2.47. The van der Waals surface area contributed by atoms with Gasteiger partial charge in [-0.15, -0.1) is 0 Å². The molecule has 2 fully saturated rings. The van der Waals surface area contributed by atoms with E-state index in [0.717, 1.165) is 57.1 Å². The second-order valence-corrected chi connectivity index (χ2v) is 9.25. The summed E-state index contributed by atoms with van der Waals surface area (Å²) in [5, 5.41) is 10.6. The van der Waals surface area contributed by atoms with E-state index in [0.29, 0.717) is 18.8 Å². The quantitative estimate of drug-likeness (QED) is 0.320. The van der Waals surface area contributed by atoms with Gasteiger partial charge in [-0.25, -0.2) is 13.2 Å². The Bertz CT molecular complexity index is 710. The average molecular weight is 427 g/mol. The third-order valence-electron chi connectivity index (χ3n) is 6.47. The van der Waals surface area contributed by atoms with Crippen molar-refractivity contribution in [3.05, 3.63) is 47.3 Å². The van der Waals surface area contributed by atoms with Gasteiger partial charge in [-0.3, -0.25) is 0 Å². The molecule has 3 nitrogen and oxygen atoms in total. The van der Waals surface area contributed by atoms with E-state index < -0.39 is 23.4 Å². The zero-order chi connectivity index (χ0) is 21.8. The van der Waals surface area contributed by atoms with Crippen molar-refractivity contribution in [1.29, 1.82) is 0 Å². The molecule has 2 aliphatic rings. The molecule has 1 aliphatic carbocycles. The van der Waals surface area contributed by atoms with Gasteiger partial charge < -0.3 is 14.6 Å². The highest BCUT2D eigenvalue weighted by Crippen LogP contribution is 2.38. The smallest absolute Gasteiger partial charge is 0.302 e. The Labute approximate surface area is 177 Å². The van der Waals surface area contributed by atoms with Crippen LogP contribution in [0, 0.1) is 28.8 Å². The van der Waals surface area contributed by atoms with E-state index in [-0.39, 0.29) is 17.3 Å². The monoisotopic (exact) mass is 426 g/mol. The molecule has 1 aromatic carbocycles. The zero-order valence-corrected chi connectivity index (χ0v) is 17.9. The van der Waals surface area contributed by atoms with Gasteiger partial charge in [0, 0.05) is 11.5 Å². The van der Waals surface area contributed by atoms with E-state index in [1.165, 1.54) is 6.42 Å². The summed E-state index contributed by atoms with van der Waals surface area (Å²) in [6, 6.07) is 2.20. The van der Waals surface area contributed by atoms with Crippen LogP contribution in [-0.4, -0.2) is 24.3 Å². The first-order valence-corrected chi connectivity index (χ1v) is 11.1. The molecule has 0 unspecified atom stereocenters. The van der Waals surface area contributed by atoms with E-state index in [1.807, 2.05) is 6.08 Å². The number of ether oxygens (including phenoxy) is 2. The van der Waals surface area contributed by atoms with Crippen LogP contribution in [-0.2, 0) is 9.47 Å². The normalized spacial score (nSPS) is 32.6. The van der Waals surface area contributed by atoms with Gasteiger partial charge in [0.05, 0.1) is 13.2 Å². The van der Waals surface area contributed by atoms with Crippen LogP contribution in [0.2, 0.25) is 0 Å². The number of allylic oxidation sites excluding steroid dienone is 1. The third kappa shape index (κ3) is 5.86. The molecule has 0 atom stereocenters. The maximum Gasteiger partial charge on any atom is 0.302 e. The van der Waals surface area contributed by atoms with E-state index in [1.54, 1.807) is 6.08 Å². The Hall–Kier alpha value is -1.37. The molecule has 1 aromatic rings. The van der Waals surface area contributed by atoms with Gasteiger partial charge in [0.15, 0.2) is 17.5 Å². The fourth-order valence-corrected chi connectivity index (χ4v) is 4.39. The van der Waals surface area contributed by atoms with Crippen molar-refractivity contribution in [1.82, 2.24) is 0 Å². The third-order valence-corrected chi connectivity index (χ3v) is 6.47. The summed E-state index contributed by atoms with van der Waals surface area (Å²) in [5.41, 5.74) is 0.432. The number of aliphatic hydroxyl groups is 1. The molecule has 1 aliphatic heterocycles. The van der Waals surface area contributed by atoms with Crippen LogP contribution >= 0.6 is 0 Å². The van der Waals surface area contributed by atoms with Gasteiger partial charge in [0.1, 0.15) is 0 Å². The van der Waals surface area contributed by atoms with Crippen molar-refractivity contribution in [2.24, 2.45) is 11.3 Å². The Morgan fingerprint density at radius 2 is 1.63 bits per heavy atom. The van der Waals surface area contributed by atoms with E-state index in [4.69, 9.17) is 9.47 Å². The van der Waals surface area contributed by atoms with E-state index >= 15 is 0 Å². The number of unbranched alkanes of at least 4 members (excludes halogenated alkanes) is 2. The summed E-state index contributed by atoms with van der Waals surface area (Å²) in [5.74, 6) is -5.15. The van der Waals surface area contributed by atoms with Crippen LogP contribution in [0.25, 0.3) is 0 Å². The minimum Gasteiger partial charge on any atom is -0.340 e. The van der Waals surface area contributed by atoms with E-state index in [9.17, 15) is 18.3 Å². The second kappa shape index (κ2) is 9.84. The van der Waals surface area contributed by atoms with Gasteiger partial charge in [-0.2, -0.15) is 0 Å². The molecule has 1 saturated carbocycles. The number of hydrogen-bond donors (Lipinski definition) is 1. The van der Waals surface area contributed by atoms with Crippen LogP contribution in [0.15, 0.2) is 24.3 Å². The van der Waals surface area contributed by atoms with Crippen LogP contribution in [0.3, 0.4) is 0 Å². The summed E-state index contributed by atoms with van der Waals surface area (Å²) in [6.45, 7) is 5.19. The molecule has 6 heteroatoms. The molecule has 3 rings (SSSR count). The predicted octanol–water partition coefficient (Wildman–Crippen LogP) is 6.21. The van der Waals surface area contributed by atoms with E-state index in [2.05, 4.69) is 13.8 Å². The number of hydrogen-bond acceptors (Lipinski definition) is 3. The summed E-state index contributed by atoms with van der Waals surface area (Å²) < 4.78 is 51.5. The lowest BCUT2D eigenvalue weighted by Gasteiger charge is -2.40. The first kappa shape index (κ1) is 23.3. The minimum absolute atomic E-state index is 0.00773. The molecule has 30 heavy (non-hydrogen) atoms. The van der Waals surface area contributed by atoms with Crippen LogP contribution in [0.4, 0.5) is 13.2 Å². The molecule has 0 amide bonds. The topological polar surface area (TPSA) is 38.7 Å². The highest BCUT2D eigenvalue weighted by atomic mass is 19.2. The summed E-state index contributed by atoms with van der Waals surface area (Å²) in [4.78, 5) is 0. The molecular weight excluding hydrogens is 393 g/mol. The average Bonchev–Trinajstić information content (AvgIpc) is 2.73. The maximum absolute atomic E-state index is 13.5. The molecule has 0 spiro atoms. The number of halogens is 3. The van der Waals surface area contributed by atoms with Crippen molar-refractivity contribution >= 4 is 0 Å². The minimum atomic E-state index is -1.69. The number of benzene rings is 1. The molecular formula is C24H33F3O3.